The van der Waals surface area contributed by atoms with Gasteiger partial charge in [0.1, 0.15) is 5.01 Å². The number of thiazole rings is 1. The van der Waals surface area contributed by atoms with Crippen LogP contribution in [0.15, 0.2) is 16.8 Å². The Kier molecular flexibility index (Phi) is 3.77. The van der Waals surface area contributed by atoms with Crippen LogP contribution >= 0.6 is 22.7 Å². The molecule has 0 atom stereocenters. The fourth-order valence-electron chi connectivity index (χ4n) is 2.71. The van der Waals surface area contributed by atoms with Gasteiger partial charge in [0.05, 0.1) is 5.69 Å². The average Bonchev–Trinajstić information content (AvgIpc) is 3.08. The van der Waals surface area contributed by atoms with E-state index < -0.39 is 0 Å². The zero-order valence-electron chi connectivity index (χ0n) is 10.4. The third-order valence-corrected chi connectivity index (χ3v) is 5.57. The summed E-state index contributed by atoms with van der Waals surface area (Å²) in [5.74, 6) is 0.714. The van der Waals surface area contributed by atoms with Crippen molar-refractivity contribution in [1.29, 1.82) is 0 Å². The van der Waals surface area contributed by atoms with Gasteiger partial charge >= 0.3 is 0 Å². The van der Waals surface area contributed by atoms with E-state index in [1.165, 1.54) is 48.2 Å². The highest BCUT2D eigenvalue weighted by molar-refractivity contribution is 7.12. The van der Waals surface area contributed by atoms with Crippen molar-refractivity contribution >= 4 is 22.7 Å². The first-order valence-corrected chi connectivity index (χ1v) is 8.36. The zero-order valence-corrected chi connectivity index (χ0v) is 12.0. The molecule has 0 bridgehead atoms. The van der Waals surface area contributed by atoms with E-state index in [9.17, 15) is 0 Å². The fraction of sp³-hybridized carbons (Fsp3) is 0.500. The molecule has 1 saturated carbocycles. The Balaban J connectivity index is 1.98. The van der Waals surface area contributed by atoms with E-state index >= 15 is 0 Å². The SMILES string of the molecule is NCc1nc(-c2ccsc2)c(C2CCCCC2)s1. The molecular formula is C14H18N2S2. The first-order chi connectivity index (χ1) is 8.88. The van der Waals surface area contributed by atoms with Crippen LogP contribution in [0.5, 0.6) is 0 Å². The van der Waals surface area contributed by atoms with Crippen LogP contribution in [-0.4, -0.2) is 4.98 Å². The molecule has 0 aromatic carbocycles. The Morgan fingerprint density at radius 1 is 1.28 bits per heavy atom. The molecule has 0 spiro atoms. The standard InChI is InChI=1S/C14H18N2S2/c15-8-12-16-13(11-6-7-17-9-11)14(18-12)10-4-2-1-3-5-10/h6-7,9-10H,1-5,8,15H2. The summed E-state index contributed by atoms with van der Waals surface area (Å²) in [6.45, 7) is 0.564. The lowest BCUT2D eigenvalue weighted by Gasteiger charge is -2.21. The first-order valence-electron chi connectivity index (χ1n) is 6.60. The van der Waals surface area contributed by atoms with Crippen molar-refractivity contribution < 1.29 is 0 Å². The number of nitrogens with zero attached hydrogens (tertiary/aromatic N) is 1. The van der Waals surface area contributed by atoms with Gasteiger partial charge in [-0.1, -0.05) is 19.3 Å². The van der Waals surface area contributed by atoms with Crippen LogP contribution < -0.4 is 5.73 Å². The minimum Gasteiger partial charge on any atom is -0.325 e. The summed E-state index contributed by atoms with van der Waals surface area (Å²) in [4.78, 5) is 6.23. The van der Waals surface area contributed by atoms with Crippen LogP contribution in [-0.2, 0) is 6.54 Å². The summed E-state index contributed by atoms with van der Waals surface area (Å²) in [5.41, 5.74) is 8.24. The van der Waals surface area contributed by atoms with Gasteiger partial charge in [-0.3, -0.25) is 0 Å². The van der Waals surface area contributed by atoms with E-state index in [1.807, 2.05) is 11.3 Å². The van der Waals surface area contributed by atoms with E-state index in [1.54, 1.807) is 11.3 Å². The number of hydrogen-bond acceptors (Lipinski definition) is 4. The molecule has 0 saturated heterocycles. The molecule has 1 aliphatic carbocycles. The molecule has 18 heavy (non-hydrogen) atoms. The molecule has 4 heteroatoms. The van der Waals surface area contributed by atoms with Gasteiger partial charge in [0.25, 0.3) is 0 Å². The van der Waals surface area contributed by atoms with Crippen LogP contribution in [0.3, 0.4) is 0 Å². The molecule has 0 radical (unpaired) electrons. The first kappa shape index (κ1) is 12.3. The lowest BCUT2D eigenvalue weighted by molar-refractivity contribution is 0.448. The zero-order chi connectivity index (χ0) is 12.4. The number of thiophene rings is 1. The topological polar surface area (TPSA) is 38.9 Å². The highest BCUT2D eigenvalue weighted by Crippen LogP contribution is 2.41. The third kappa shape index (κ3) is 2.37. The molecule has 3 rings (SSSR count). The molecule has 2 N–H and O–H groups in total. The van der Waals surface area contributed by atoms with Gasteiger partial charge in [0, 0.05) is 22.4 Å². The van der Waals surface area contributed by atoms with E-state index in [-0.39, 0.29) is 0 Å². The number of aromatic nitrogens is 1. The molecule has 2 heterocycles. The highest BCUT2D eigenvalue weighted by atomic mass is 32.1. The van der Waals surface area contributed by atoms with Gasteiger partial charge in [-0.2, -0.15) is 11.3 Å². The Morgan fingerprint density at radius 2 is 2.11 bits per heavy atom. The van der Waals surface area contributed by atoms with Crippen LogP contribution in [0.2, 0.25) is 0 Å². The smallest absolute Gasteiger partial charge is 0.107 e. The molecule has 1 fully saturated rings. The van der Waals surface area contributed by atoms with Gasteiger partial charge in [-0.15, -0.1) is 11.3 Å². The van der Waals surface area contributed by atoms with Crippen molar-refractivity contribution in [2.24, 2.45) is 5.73 Å². The lowest BCUT2D eigenvalue weighted by Crippen LogP contribution is -2.03. The largest absolute Gasteiger partial charge is 0.325 e. The molecular weight excluding hydrogens is 260 g/mol. The van der Waals surface area contributed by atoms with Crippen molar-refractivity contribution in [2.75, 3.05) is 0 Å². The van der Waals surface area contributed by atoms with Crippen molar-refractivity contribution in [2.45, 2.75) is 44.6 Å². The summed E-state index contributed by atoms with van der Waals surface area (Å²) in [6.07, 6.45) is 6.77. The maximum Gasteiger partial charge on any atom is 0.107 e. The van der Waals surface area contributed by atoms with Crippen LogP contribution in [0.4, 0.5) is 0 Å². The maximum absolute atomic E-state index is 5.77. The molecule has 2 aromatic heterocycles. The van der Waals surface area contributed by atoms with Crippen molar-refractivity contribution in [3.8, 4) is 11.3 Å². The van der Waals surface area contributed by atoms with Crippen molar-refractivity contribution in [3.63, 3.8) is 0 Å². The molecule has 1 aliphatic rings. The normalized spacial score (nSPS) is 17.2. The average molecular weight is 278 g/mol. The van der Waals surface area contributed by atoms with E-state index in [0.717, 1.165) is 5.01 Å². The highest BCUT2D eigenvalue weighted by Gasteiger charge is 2.23. The van der Waals surface area contributed by atoms with E-state index in [2.05, 4.69) is 16.8 Å². The second-order valence-corrected chi connectivity index (χ2v) is 6.77. The third-order valence-electron chi connectivity index (χ3n) is 3.64. The van der Waals surface area contributed by atoms with Crippen LogP contribution in [0.1, 0.15) is 47.9 Å². The lowest BCUT2D eigenvalue weighted by atomic mass is 9.87. The second-order valence-electron chi connectivity index (χ2n) is 4.87. The molecule has 96 valence electrons. The molecule has 2 aromatic rings. The number of nitrogens with two attached hydrogens (primary N) is 1. The summed E-state index contributed by atoms with van der Waals surface area (Å²) >= 11 is 3.57. The van der Waals surface area contributed by atoms with Crippen LogP contribution in [0, 0.1) is 0 Å². The summed E-state index contributed by atoms with van der Waals surface area (Å²) in [7, 11) is 0. The van der Waals surface area contributed by atoms with Gasteiger partial charge in [0.2, 0.25) is 0 Å². The molecule has 0 amide bonds. The Bertz CT molecular complexity index is 496. The van der Waals surface area contributed by atoms with Gasteiger partial charge in [-0.25, -0.2) is 4.98 Å². The molecule has 0 unspecified atom stereocenters. The van der Waals surface area contributed by atoms with Gasteiger partial charge < -0.3 is 5.73 Å². The summed E-state index contributed by atoms with van der Waals surface area (Å²) < 4.78 is 0. The minimum atomic E-state index is 0.564. The Hall–Kier alpha value is -0.710. The number of hydrogen-bond donors (Lipinski definition) is 1. The number of rotatable bonds is 3. The van der Waals surface area contributed by atoms with Gasteiger partial charge in [-0.05, 0) is 30.2 Å². The quantitative estimate of drug-likeness (QED) is 0.905. The monoisotopic (exact) mass is 278 g/mol. The van der Waals surface area contributed by atoms with E-state index in [0.29, 0.717) is 12.5 Å². The minimum absolute atomic E-state index is 0.564. The Labute approximate surface area is 116 Å². The van der Waals surface area contributed by atoms with Gasteiger partial charge in [0.15, 0.2) is 0 Å². The van der Waals surface area contributed by atoms with Crippen molar-refractivity contribution in [3.05, 3.63) is 26.7 Å². The maximum atomic E-state index is 5.77. The predicted octanol–water partition coefficient (Wildman–Crippen LogP) is 4.38. The second kappa shape index (κ2) is 5.51. The molecule has 0 aliphatic heterocycles. The summed E-state index contributed by atoms with van der Waals surface area (Å²) in [5, 5.41) is 5.40. The van der Waals surface area contributed by atoms with Crippen molar-refractivity contribution in [1.82, 2.24) is 4.98 Å². The summed E-state index contributed by atoms with van der Waals surface area (Å²) in [6, 6.07) is 2.17. The fourth-order valence-corrected chi connectivity index (χ4v) is 4.49. The molecule has 2 nitrogen and oxygen atoms in total. The van der Waals surface area contributed by atoms with Crippen LogP contribution in [0.25, 0.3) is 11.3 Å². The predicted molar refractivity (Wildman–Crippen MR) is 79.1 cm³/mol. The Morgan fingerprint density at radius 3 is 2.78 bits per heavy atom. The van der Waals surface area contributed by atoms with E-state index in [4.69, 9.17) is 10.7 Å².